The zero-order valence-electron chi connectivity index (χ0n) is 13.7. The highest BCUT2D eigenvalue weighted by Crippen LogP contribution is 2.36. The zero-order chi connectivity index (χ0) is 18.7. The normalized spacial score (nSPS) is 13.2. The standard InChI is InChI=1S/C16H19F7Si/c1-4-5-6-7-8-24(2,3)16(23)12(19)9-10(17)13(20)15(22)14(21)11(9)18/h4-8H2,1-3H3. The smallest absolute Gasteiger partial charge is 0.200 e. The van der Waals surface area contributed by atoms with Gasteiger partial charge in [0.2, 0.25) is 5.82 Å². The molecule has 0 aliphatic carbocycles. The summed E-state index contributed by atoms with van der Waals surface area (Å²) in [5, 5.41) is 0. The number of unbranched alkanes of at least 4 members (excludes halogenated alkanes) is 3. The molecule has 0 saturated carbocycles. The molecular weight excluding hydrogens is 353 g/mol. The summed E-state index contributed by atoms with van der Waals surface area (Å²) in [5.41, 5.74) is -3.24. The molecule has 0 amide bonds. The Morgan fingerprint density at radius 2 is 1.21 bits per heavy atom. The van der Waals surface area contributed by atoms with E-state index in [1.165, 1.54) is 13.1 Å². The monoisotopic (exact) mass is 372 g/mol. The lowest BCUT2D eigenvalue weighted by Crippen LogP contribution is -2.27. The quantitative estimate of drug-likeness (QED) is 0.162. The van der Waals surface area contributed by atoms with Crippen LogP contribution in [-0.2, 0) is 0 Å². The first-order valence-corrected chi connectivity index (χ1v) is 10.8. The maximum absolute atomic E-state index is 14.4. The second kappa shape index (κ2) is 8.18. The van der Waals surface area contributed by atoms with Gasteiger partial charge in [-0.15, -0.1) is 0 Å². The van der Waals surface area contributed by atoms with E-state index in [4.69, 9.17) is 0 Å². The fourth-order valence-electron chi connectivity index (χ4n) is 2.31. The molecule has 0 fully saturated rings. The first-order valence-electron chi connectivity index (χ1n) is 7.63. The van der Waals surface area contributed by atoms with Crippen molar-refractivity contribution in [2.24, 2.45) is 0 Å². The molecule has 0 aliphatic heterocycles. The first-order chi connectivity index (χ1) is 11.1. The zero-order valence-corrected chi connectivity index (χ0v) is 14.7. The van der Waals surface area contributed by atoms with Gasteiger partial charge < -0.3 is 0 Å². The number of hydrogen-bond donors (Lipinski definition) is 0. The molecule has 0 nitrogen and oxygen atoms in total. The van der Waals surface area contributed by atoms with Crippen molar-refractivity contribution in [3.05, 3.63) is 40.1 Å². The van der Waals surface area contributed by atoms with Crippen molar-refractivity contribution >= 4 is 13.9 Å². The van der Waals surface area contributed by atoms with E-state index in [2.05, 4.69) is 0 Å². The predicted molar refractivity (Wildman–Crippen MR) is 81.8 cm³/mol. The Labute approximate surface area is 137 Å². The van der Waals surface area contributed by atoms with Gasteiger partial charge in [0.1, 0.15) is 13.5 Å². The highest BCUT2D eigenvalue weighted by atomic mass is 28.3. The van der Waals surface area contributed by atoms with Crippen molar-refractivity contribution in [3.8, 4) is 0 Å². The molecule has 1 aromatic rings. The van der Waals surface area contributed by atoms with Crippen LogP contribution in [0.3, 0.4) is 0 Å². The van der Waals surface area contributed by atoms with Crippen LogP contribution < -0.4 is 0 Å². The molecule has 1 aromatic carbocycles. The Hall–Kier alpha value is -1.31. The molecular formula is C16H19F7Si. The molecule has 0 atom stereocenters. The fraction of sp³-hybridized carbons (Fsp3) is 0.500. The summed E-state index contributed by atoms with van der Waals surface area (Å²) in [5.74, 6) is -13.7. The molecule has 0 bridgehead atoms. The number of benzene rings is 1. The average Bonchev–Trinajstić information content (AvgIpc) is 2.54. The van der Waals surface area contributed by atoms with Gasteiger partial charge >= 0.3 is 0 Å². The summed E-state index contributed by atoms with van der Waals surface area (Å²) in [4.78, 5) is 0. The third kappa shape index (κ3) is 4.20. The van der Waals surface area contributed by atoms with E-state index >= 15 is 0 Å². The molecule has 0 heterocycles. The average molecular weight is 372 g/mol. The van der Waals surface area contributed by atoms with E-state index in [0.717, 1.165) is 19.3 Å². The second-order valence-corrected chi connectivity index (χ2v) is 11.0. The summed E-state index contributed by atoms with van der Waals surface area (Å²) in [6.07, 6.45) is 3.25. The van der Waals surface area contributed by atoms with Crippen LogP contribution in [-0.4, -0.2) is 8.07 Å². The first kappa shape index (κ1) is 20.7. The Balaban J connectivity index is 3.28. The minimum absolute atomic E-state index is 0.307. The second-order valence-electron chi connectivity index (χ2n) is 6.27. The van der Waals surface area contributed by atoms with Crippen LogP contribution in [0.25, 0.3) is 5.83 Å². The molecule has 1 rings (SSSR count). The molecule has 0 radical (unpaired) electrons. The van der Waals surface area contributed by atoms with E-state index in [1.807, 2.05) is 6.92 Å². The van der Waals surface area contributed by atoms with Gasteiger partial charge in [0.15, 0.2) is 29.1 Å². The lowest BCUT2D eigenvalue weighted by Gasteiger charge is -2.21. The van der Waals surface area contributed by atoms with Gasteiger partial charge in [0.05, 0.1) is 5.56 Å². The van der Waals surface area contributed by atoms with Crippen LogP contribution >= 0.6 is 0 Å². The molecule has 8 heteroatoms. The van der Waals surface area contributed by atoms with Crippen LogP contribution in [0, 0.1) is 29.1 Å². The van der Waals surface area contributed by atoms with Crippen LogP contribution in [0.2, 0.25) is 19.1 Å². The van der Waals surface area contributed by atoms with E-state index in [-0.39, 0.29) is 0 Å². The molecule has 0 N–H and O–H groups in total. The Kier molecular flexibility index (Phi) is 7.06. The lowest BCUT2D eigenvalue weighted by atomic mass is 10.1. The van der Waals surface area contributed by atoms with Gasteiger partial charge in [-0.25, -0.2) is 30.7 Å². The number of rotatable bonds is 7. The molecule has 0 saturated heterocycles. The van der Waals surface area contributed by atoms with Crippen molar-refractivity contribution in [2.45, 2.75) is 51.7 Å². The van der Waals surface area contributed by atoms with E-state index in [0.29, 0.717) is 12.5 Å². The Morgan fingerprint density at radius 3 is 1.67 bits per heavy atom. The fourth-order valence-corrected chi connectivity index (χ4v) is 4.38. The molecule has 0 spiro atoms. The van der Waals surface area contributed by atoms with Crippen molar-refractivity contribution in [1.29, 1.82) is 0 Å². The minimum Gasteiger partial charge on any atom is -0.214 e. The van der Waals surface area contributed by atoms with Gasteiger partial charge in [-0.1, -0.05) is 51.7 Å². The van der Waals surface area contributed by atoms with Crippen molar-refractivity contribution in [2.75, 3.05) is 0 Å². The minimum atomic E-state index is -3.03. The van der Waals surface area contributed by atoms with Gasteiger partial charge in [0.25, 0.3) is 0 Å². The summed E-state index contributed by atoms with van der Waals surface area (Å²) in [6, 6.07) is 0.307. The SMILES string of the molecule is CCCCCC[Si](C)(C)C(F)=C(F)c1c(F)c(F)c(F)c(F)c1F. The molecule has 136 valence electrons. The lowest BCUT2D eigenvalue weighted by molar-refractivity contribution is 0.374. The highest BCUT2D eigenvalue weighted by molar-refractivity contribution is 6.84. The van der Waals surface area contributed by atoms with Crippen LogP contribution in [0.4, 0.5) is 30.7 Å². The Bertz CT molecular complexity index is 609. The van der Waals surface area contributed by atoms with E-state index in [1.54, 1.807) is 0 Å². The van der Waals surface area contributed by atoms with Crippen LogP contribution in [0.15, 0.2) is 5.45 Å². The van der Waals surface area contributed by atoms with E-state index in [9.17, 15) is 30.7 Å². The van der Waals surface area contributed by atoms with Crippen molar-refractivity contribution < 1.29 is 30.7 Å². The highest BCUT2D eigenvalue weighted by Gasteiger charge is 2.35. The van der Waals surface area contributed by atoms with Crippen LogP contribution in [0.5, 0.6) is 0 Å². The third-order valence-electron chi connectivity index (χ3n) is 3.87. The van der Waals surface area contributed by atoms with Gasteiger partial charge in [0, 0.05) is 0 Å². The maximum atomic E-state index is 14.4. The van der Waals surface area contributed by atoms with Crippen LogP contribution in [0.1, 0.15) is 38.2 Å². The molecule has 24 heavy (non-hydrogen) atoms. The molecule has 0 aliphatic rings. The molecule has 0 aromatic heterocycles. The summed E-state index contributed by atoms with van der Waals surface area (Å²) in [7, 11) is -3.03. The van der Waals surface area contributed by atoms with Gasteiger partial charge in [-0.2, -0.15) is 0 Å². The predicted octanol–water partition coefficient (Wildman–Crippen LogP) is 6.82. The molecule has 0 unspecified atom stereocenters. The van der Waals surface area contributed by atoms with Crippen molar-refractivity contribution in [1.82, 2.24) is 0 Å². The summed E-state index contributed by atoms with van der Waals surface area (Å²) < 4.78 is 95.1. The third-order valence-corrected chi connectivity index (χ3v) is 6.88. The summed E-state index contributed by atoms with van der Waals surface area (Å²) in [6.45, 7) is 4.87. The van der Waals surface area contributed by atoms with Gasteiger partial charge in [-0.05, 0) is 0 Å². The Morgan fingerprint density at radius 1 is 0.750 bits per heavy atom. The van der Waals surface area contributed by atoms with E-state index < -0.39 is 54.0 Å². The van der Waals surface area contributed by atoms with Gasteiger partial charge in [-0.3, -0.25) is 0 Å². The number of hydrogen-bond acceptors (Lipinski definition) is 0. The van der Waals surface area contributed by atoms with Crippen molar-refractivity contribution in [3.63, 3.8) is 0 Å². The topological polar surface area (TPSA) is 0 Å². The summed E-state index contributed by atoms with van der Waals surface area (Å²) >= 11 is 0. The number of halogens is 7. The largest absolute Gasteiger partial charge is 0.214 e. The maximum Gasteiger partial charge on any atom is 0.200 e.